The predicted molar refractivity (Wildman–Crippen MR) is 113 cm³/mol. The number of hydrogen-bond acceptors (Lipinski definition) is 5. The molecule has 1 amide bonds. The molecule has 1 N–H and O–H groups in total. The van der Waals surface area contributed by atoms with Crippen LogP contribution in [0, 0.1) is 0 Å². The zero-order chi connectivity index (χ0) is 20.6. The smallest absolute Gasteiger partial charge is 0.336 e. The molecule has 3 aromatic rings. The molecule has 0 aliphatic heterocycles. The van der Waals surface area contributed by atoms with Gasteiger partial charge in [0.1, 0.15) is 17.1 Å². The van der Waals surface area contributed by atoms with Gasteiger partial charge in [0, 0.05) is 17.5 Å². The van der Waals surface area contributed by atoms with Crippen molar-refractivity contribution in [3.05, 3.63) is 64.5 Å². The van der Waals surface area contributed by atoms with E-state index in [0.29, 0.717) is 29.4 Å². The maximum atomic E-state index is 12.3. The number of anilines is 1. The highest BCUT2D eigenvalue weighted by atomic mass is 16.5. The van der Waals surface area contributed by atoms with Gasteiger partial charge < -0.3 is 19.2 Å². The molecule has 2 aromatic carbocycles. The van der Waals surface area contributed by atoms with E-state index >= 15 is 0 Å². The number of carbonyl (C=O) groups is 1. The van der Waals surface area contributed by atoms with Gasteiger partial charge in [-0.2, -0.15) is 0 Å². The van der Waals surface area contributed by atoms with Crippen molar-refractivity contribution in [1.29, 1.82) is 0 Å². The Morgan fingerprint density at radius 1 is 1.03 bits per heavy atom. The number of rotatable bonds is 9. The summed E-state index contributed by atoms with van der Waals surface area (Å²) in [5, 5.41) is 3.68. The van der Waals surface area contributed by atoms with Gasteiger partial charge in [-0.1, -0.05) is 32.4 Å². The van der Waals surface area contributed by atoms with Crippen molar-refractivity contribution in [2.75, 3.05) is 18.5 Å². The molecule has 152 valence electrons. The minimum absolute atomic E-state index is 0.174. The van der Waals surface area contributed by atoms with Crippen LogP contribution in [0.25, 0.3) is 11.0 Å². The molecule has 6 nitrogen and oxygen atoms in total. The molecule has 0 aliphatic rings. The zero-order valence-corrected chi connectivity index (χ0v) is 16.7. The monoisotopic (exact) mass is 395 g/mol. The van der Waals surface area contributed by atoms with Crippen molar-refractivity contribution >= 4 is 22.6 Å². The maximum Gasteiger partial charge on any atom is 0.336 e. The highest BCUT2D eigenvalue weighted by molar-refractivity contribution is 5.93. The third kappa shape index (κ3) is 5.38. The molecule has 0 bridgehead atoms. The Balaban J connectivity index is 1.68. The Bertz CT molecular complexity index is 1040. The van der Waals surface area contributed by atoms with E-state index in [1.54, 1.807) is 18.2 Å². The van der Waals surface area contributed by atoms with Crippen molar-refractivity contribution in [2.45, 2.75) is 33.1 Å². The third-order valence-corrected chi connectivity index (χ3v) is 4.31. The molecule has 6 heteroatoms. The van der Waals surface area contributed by atoms with Crippen molar-refractivity contribution in [2.24, 2.45) is 0 Å². The lowest BCUT2D eigenvalue weighted by atomic mass is 10.1. The normalized spacial score (nSPS) is 10.7. The highest BCUT2D eigenvalue weighted by Crippen LogP contribution is 2.25. The van der Waals surface area contributed by atoms with Gasteiger partial charge in [-0.25, -0.2) is 4.79 Å². The molecule has 0 unspecified atom stereocenters. The first-order valence-corrected chi connectivity index (χ1v) is 9.82. The van der Waals surface area contributed by atoms with Crippen LogP contribution in [-0.4, -0.2) is 19.1 Å². The number of ether oxygens (including phenoxy) is 2. The summed E-state index contributed by atoms with van der Waals surface area (Å²) in [6.45, 7) is 4.48. The zero-order valence-electron chi connectivity index (χ0n) is 16.7. The summed E-state index contributed by atoms with van der Waals surface area (Å²) in [6, 6.07) is 14.1. The third-order valence-electron chi connectivity index (χ3n) is 4.31. The summed E-state index contributed by atoms with van der Waals surface area (Å²) in [6.07, 6.45) is 2.61. The van der Waals surface area contributed by atoms with Gasteiger partial charge in [0.15, 0.2) is 6.61 Å². The molecular weight excluding hydrogens is 370 g/mol. The second-order valence-electron chi connectivity index (χ2n) is 6.68. The van der Waals surface area contributed by atoms with Crippen molar-refractivity contribution in [3.63, 3.8) is 0 Å². The SMILES string of the molecule is CCCOc1ccccc1NC(=O)COc1ccc2c(CCC)cc(=O)oc2c1. The fourth-order valence-corrected chi connectivity index (χ4v) is 3.02. The Kier molecular flexibility index (Phi) is 6.89. The van der Waals surface area contributed by atoms with Crippen LogP contribution in [-0.2, 0) is 11.2 Å². The van der Waals surface area contributed by atoms with Crippen LogP contribution in [0.2, 0.25) is 0 Å². The van der Waals surface area contributed by atoms with Gasteiger partial charge in [0.2, 0.25) is 0 Å². The fourth-order valence-electron chi connectivity index (χ4n) is 3.02. The molecule has 0 saturated heterocycles. The van der Waals surface area contributed by atoms with Gasteiger partial charge in [-0.15, -0.1) is 0 Å². The van der Waals surface area contributed by atoms with Crippen molar-refractivity contribution in [3.8, 4) is 11.5 Å². The second-order valence-corrected chi connectivity index (χ2v) is 6.68. The van der Waals surface area contributed by atoms with Crippen LogP contribution in [0.5, 0.6) is 11.5 Å². The Morgan fingerprint density at radius 3 is 2.66 bits per heavy atom. The van der Waals surface area contributed by atoms with Gasteiger partial charge in [0.25, 0.3) is 5.91 Å². The van der Waals surface area contributed by atoms with Crippen LogP contribution >= 0.6 is 0 Å². The second kappa shape index (κ2) is 9.78. The number of aryl methyl sites for hydroxylation is 1. The molecular formula is C23H25NO5. The first-order chi connectivity index (χ1) is 14.1. The summed E-state index contributed by atoms with van der Waals surface area (Å²) in [5.41, 5.74) is 1.62. The molecule has 1 heterocycles. The van der Waals surface area contributed by atoms with Gasteiger partial charge in [-0.3, -0.25) is 4.79 Å². The van der Waals surface area contributed by atoms with E-state index in [-0.39, 0.29) is 18.1 Å². The molecule has 0 spiro atoms. The summed E-state index contributed by atoms with van der Waals surface area (Å²) in [4.78, 5) is 24.1. The van der Waals surface area contributed by atoms with E-state index in [1.165, 1.54) is 6.07 Å². The van der Waals surface area contributed by atoms with Crippen molar-refractivity contribution < 1.29 is 18.7 Å². The average molecular weight is 395 g/mol. The topological polar surface area (TPSA) is 77.8 Å². The Morgan fingerprint density at radius 2 is 1.86 bits per heavy atom. The van der Waals surface area contributed by atoms with E-state index in [4.69, 9.17) is 13.9 Å². The van der Waals surface area contributed by atoms with E-state index in [1.807, 2.05) is 31.2 Å². The molecule has 0 saturated carbocycles. The minimum Gasteiger partial charge on any atom is -0.491 e. The number of para-hydroxylation sites is 2. The van der Waals surface area contributed by atoms with Crippen LogP contribution in [0.1, 0.15) is 32.3 Å². The summed E-state index contributed by atoms with van der Waals surface area (Å²) in [7, 11) is 0. The number of hydrogen-bond donors (Lipinski definition) is 1. The van der Waals surface area contributed by atoms with Crippen LogP contribution in [0.4, 0.5) is 5.69 Å². The lowest BCUT2D eigenvalue weighted by molar-refractivity contribution is -0.118. The van der Waals surface area contributed by atoms with Gasteiger partial charge in [0.05, 0.1) is 12.3 Å². The van der Waals surface area contributed by atoms with E-state index in [9.17, 15) is 9.59 Å². The molecule has 0 atom stereocenters. The number of carbonyl (C=O) groups excluding carboxylic acids is 1. The van der Waals surface area contributed by atoms with E-state index < -0.39 is 0 Å². The van der Waals surface area contributed by atoms with E-state index in [2.05, 4.69) is 12.2 Å². The lowest BCUT2D eigenvalue weighted by Crippen LogP contribution is -2.20. The number of benzene rings is 2. The summed E-state index contributed by atoms with van der Waals surface area (Å²) < 4.78 is 16.5. The first kappa shape index (κ1) is 20.5. The number of fused-ring (bicyclic) bond motifs is 1. The molecule has 0 fully saturated rings. The molecule has 3 rings (SSSR count). The maximum absolute atomic E-state index is 12.3. The largest absolute Gasteiger partial charge is 0.491 e. The minimum atomic E-state index is -0.389. The average Bonchev–Trinajstić information content (AvgIpc) is 2.71. The van der Waals surface area contributed by atoms with Crippen LogP contribution < -0.4 is 20.4 Å². The first-order valence-electron chi connectivity index (χ1n) is 9.82. The Hall–Kier alpha value is -3.28. The number of amides is 1. The molecule has 0 radical (unpaired) electrons. The predicted octanol–water partition coefficient (Wildman–Crippen LogP) is 4.55. The standard InChI is InChI=1S/C23H25NO5/c1-3-7-16-13-23(26)29-21-14-17(10-11-18(16)21)28-15-22(25)24-19-8-5-6-9-20(19)27-12-4-2/h5-6,8-11,13-14H,3-4,7,12,15H2,1-2H3,(H,24,25). The van der Waals surface area contributed by atoms with Gasteiger partial charge in [-0.05, 0) is 42.7 Å². The Labute approximate surface area is 169 Å². The van der Waals surface area contributed by atoms with E-state index in [0.717, 1.165) is 30.2 Å². The molecule has 1 aromatic heterocycles. The van der Waals surface area contributed by atoms with Gasteiger partial charge >= 0.3 is 5.63 Å². The summed E-state index contributed by atoms with van der Waals surface area (Å²) in [5.74, 6) is 0.775. The molecule has 0 aliphatic carbocycles. The fraction of sp³-hybridized carbons (Fsp3) is 0.304. The lowest BCUT2D eigenvalue weighted by Gasteiger charge is -2.12. The molecule has 29 heavy (non-hydrogen) atoms. The van der Waals surface area contributed by atoms with Crippen LogP contribution in [0.3, 0.4) is 0 Å². The van der Waals surface area contributed by atoms with Crippen LogP contribution in [0.15, 0.2) is 57.7 Å². The summed E-state index contributed by atoms with van der Waals surface area (Å²) >= 11 is 0. The van der Waals surface area contributed by atoms with Crippen molar-refractivity contribution in [1.82, 2.24) is 0 Å². The quantitative estimate of drug-likeness (QED) is 0.538. The number of nitrogens with one attached hydrogen (secondary N) is 1. The highest BCUT2D eigenvalue weighted by Gasteiger charge is 2.10.